The Morgan fingerprint density at radius 1 is 0.309 bits per heavy atom. The summed E-state index contributed by atoms with van der Waals surface area (Å²) in [6.45, 7) is 0. The van der Waals surface area contributed by atoms with Gasteiger partial charge in [-0.3, -0.25) is 4.98 Å². The first kappa shape index (κ1) is 32.4. The molecule has 0 atom stereocenters. The number of aromatic nitrogens is 4. The van der Waals surface area contributed by atoms with Crippen LogP contribution in [-0.4, -0.2) is 19.9 Å². The number of fused-ring (bicyclic) bond motifs is 3. The van der Waals surface area contributed by atoms with Gasteiger partial charge in [0.05, 0.1) is 5.41 Å². The monoisotopic (exact) mass is 702 g/mol. The van der Waals surface area contributed by atoms with Crippen LogP contribution in [0.1, 0.15) is 22.3 Å². The average Bonchev–Trinajstić information content (AvgIpc) is 3.58. The van der Waals surface area contributed by atoms with Crippen LogP contribution in [0.2, 0.25) is 0 Å². The Kier molecular flexibility index (Phi) is 8.00. The molecule has 0 aliphatic heterocycles. The molecule has 2 heterocycles. The van der Waals surface area contributed by atoms with Gasteiger partial charge in [-0.25, -0.2) is 15.0 Å². The van der Waals surface area contributed by atoms with Crippen LogP contribution in [-0.2, 0) is 5.41 Å². The summed E-state index contributed by atoms with van der Waals surface area (Å²) in [6, 6.07) is 68.7. The van der Waals surface area contributed by atoms with Gasteiger partial charge in [-0.15, -0.1) is 0 Å². The van der Waals surface area contributed by atoms with Gasteiger partial charge < -0.3 is 0 Å². The van der Waals surface area contributed by atoms with Crippen molar-refractivity contribution < 1.29 is 0 Å². The minimum atomic E-state index is -0.414. The molecular formula is C51H34N4. The summed E-state index contributed by atoms with van der Waals surface area (Å²) >= 11 is 0. The maximum absolute atomic E-state index is 5.02. The second kappa shape index (κ2) is 13.6. The molecule has 0 fully saturated rings. The zero-order chi connectivity index (χ0) is 36.6. The average molecular weight is 703 g/mol. The summed E-state index contributed by atoms with van der Waals surface area (Å²) in [6.07, 6.45) is 3.66. The van der Waals surface area contributed by atoms with Gasteiger partial charge in [0.1, 0.15) is 0 Å². The van der Waals surface area contributed by atoms with Crippen LogP contribution in [0.25, 0.3) is 67.5 Å². The highest BCUT2D eigenvalue weighted by molar-refractivity contribution is 5.89. The first-order chi connectivity index (χ1) is 27.3. The fourth-order valence-corrected chi connectivity index (χ4v) is 8.14. The molecule has 0 saturated carbocycles. The molecular weight excluding hydrogens is 669 g/mol. The number of nitrogens with zero attached hydrogens (tertiary/aromatic N) is 4. The molecule has 0 spiro atoms. The number of hydrogen-bond donors (Lipinski definition) is 0. The van der Waals surface area contributed by atoms with Crippen molar-refractivity contribution >= 4 is 0 Å². The van der Waals surface area contributed by atoms with Crippen molar-refractivity contribution in [2.75, 3.05) is 0 Å². The van der Waals surface area contributed by atoms with E-state index in [0.29, 0.717) is 17.5 Å². The molecule has 4 heteroatoms. The quantitative estimate of drug-likeness (QED) is 0.166. The van der Waals surface area contributed by atoms with Gasteiger partial charge in [-0.1, -0.05) is 182 Å². The molecule has 0 unspecified atom stereocenters. The topological polar surface area (TPSA) is 51.6 Å². The Morgan fingerprint density at radius 3 is 1.31 bits per heavy atom. The summed E-state index contributed by atoms with van der Waals surface area (Å²) in [7, 11) is 0. The summed E-state index contributed by atoms with van der Waals surface area (Å²) in [4.78, 5) is 19.2. The molecule has 55 heavy (non-hydrogen) atoms. The smallest absolute Gasteiger partial charge is 0.164 e. The van der Waals surface area contributed by atoms with Crippen molar-refractivity contribution in [1.82, 2.24) is 19.9 Å². The molecule has 2 aromatic heterocycles. The molecule has 7 aromatic carbocycles. The van der Waals surface area contributed by atoms with Gasteiger partial charge in [-0.2, -0.15) is 0 Å². The van der Waals surface area contributed by atoms with Crippen LogP contribution >= 0.6 is 0 Å². The van der Waals surface area contributed by atoms with Gasteiger partial charge >= 0.3 is 0 Å². The molecule has 0 bridgehead atoms. The SMILES string of the molecule is c1ccc(-c2nc(-c3ccc(-c4cccnc4)cc3)nc(-c3ccc(-c4ccc5c(c4)-c4ccccc4C5(c4ccccc4)c4ccccc4)cc3)n2)cc1. The Bertz CT molecular complexity index is 2730. The highest BCUT2D eigenvalue weighted by Crippen LogP contribution is 2.56. The first-order valence-corrected chi connectivity index (χ1v) is 18.5. The predicted molar refractivity (Wildman–Crippen MR) is 222 cm³/mol. The Balaban J connectivity index is 1.04. The lowest BCUT2D eigenvalue weighted by Gasteiger charge is -2.33. The van der Waals surface area contributed by atoms with Crippen LogP contribution in [0.15, 0.2) is 207 Å². The van der Waals surface area contributed by atoms with Crippen LogP contribution in [0.3, 0.4) is 0 Å². The third-order valence-electron chi connectivity index (χ3n) is 10.7. The lowest BCUT2D eigenvalue weighted by atomic mass is 9.67. The van der Waals surface area contributed by atoms with Gasteiger partial charge in [-0.05, 0) is 67.8 Å². The molecule has 0 radical (unpaired) electrons. The van der Waals surface area contributed by atoms with Gasteiger partial charge in [0.25, 0.3) is 0 Å². The van der Waals surface area contributed by atoms with Gasteiger partial charge in [0, 0.05) is 29.1 Å². The lowest BCUT2D eigenvalue weighted by Crippen LogP contribution is -2.28. The molecule has 0 saturated heterocycles. The predicted octanol–water partition coefficient (Wildman–Crippen LogP) is 12.0. The van der Waals surface area contributed by atoms with Gasteiger partial charge in [0.15, 0.2) is 17.5 Å². The van der Waals surface area contributed by atoms with Crippen LogP contribution in [0, 0.1) is 0 Å². The number of benzene rings is 7. The molecule has 9 aromatic rings. The molecule has 1 aliphatic rings. The fraction of sp³-hybridized carbons (Fsp3) is 0.0196. The molecule has 258 valence electrons. The summed E-state index contributed by atoms with van der Waals surface area (Å²) < 4.78 is 0. The minimum absolute atomic E-state index is 0.414. The van der Waals surface area contributed by atoms with Crippen molar-refractivity contribution in [1.29, 1.82) is 0 Å². The van der Waals surface area contributed by atoms with E-state index < -0.39 is 5.41 Å². The van der Waals surface area contributed by atoms with Gasteiger partial charge in [0.2, 0.25) is 0 Å². The minimum Gasteiger partial charge on any atom is -0.264 e. The largest absolute Gasteiger partial charge is 0.264 e. The molecule has 1 aliphatic carbocycles. The highest BCUT2D eigenvalue weighted by atomic mass is 15.0. The van der Waals surface area contributed by atoms with Crippen LogP contribution in [0.5, 0.6) is 0 Å². The zero-order valence-electron chi connectivity index (χ0n) is 29.9. The van der Waals surface area contributed by atoms with E-state index in [1.54, 1.807) is 6.20 Å². The van der Waals surface area contributed by atoms with Crippen molar-refractivity contribution in [3.05, 3.63) is 229 Å². The fourth-order valence-electron chi connectivity index (χ4n) is 8.14. The van der Waals surface area contributed by atoms with Crippen molar-refractivity contribution in [2.24, 2.45) is 0 Å². The van der Waals surface area contributed by atoms with Crippen molar-refractivity contribution in [3.8, 4) is 67.5 Å². The van der Waals surface area contributed by atoms with E-state index in [-0.39, 0.29) is 0 Å². The summed E-state index contributed by atoms with van der Waals surface area (Å²) in [5, 5.41) is 0. The van der Waals surface area contributed by atoms with Crippen molar-refractivity contribution in [3.63, 3.8) is 0 Å². The second-order valence-corrected chi connectivity index (χ2v) is 13.9. The summed E-state index contributed by atoms with van der Waals surface area (Å²) in [5.74, 6) is 1.90. The normalized spacial score (nSPS) is 12.5. The first-order valence-electron chi connectivity index (χ1n) is 18.5. The van der Waals surface area contributed by atoms with E-state index in [0.717, 1.165) is 38.9 Å². The standard InChI is InChI=1S/C51H34N4/c1-4-13-37(14-5-1)48-53-49(55-50(54-48)39-28-24-36(25-29-39)41-15-12-32-52-34-41)38-26-22-35(23-27-38)40-30-31-47-45(33-40)44-20-10-11-21-46(44)51(47,42-16-6-2-7-17-42)43-18-8-3-9-19-43/h1-34H. The molecule has 0 N–H and O–H groups in total. The lowest BCUT2D eigenvalue weighted by molar-refractivity contribution is 0.768. The highest BCUT2D eigenvalue weighted by Gasteiger charge is 2.45. The maximum Gasteiger partial charge on any atom is 0.164 e. The third kappa shape index (κ3) is 5.63. The molecule has 4 nitrogen and oxygen atoms in total. The zero-order valence-corrected chi connectivity index (χ0v) is 29.9. The van der Waals surface area contributed by atoms with Crippen LogP contribution < -0.4 is 0 Å². The van der Waals surface area contributed by atoms with Crippen LogP contribution in [0.4, 0.5) is 0 Å². The van der Waals surface area contributed by atoms with E-state index in [1.165, 1.54) is 33.4 Å². The number of rotatable bonds is 7. The van der Waals surface area contributed by atoms with E-state index in [1.807, 2.05) is 42.6 Å². The molecule has 0 amide bonds. The van der Waals surface area contributed by atoms with E-state index in [9.17, 15) is 0 Å². The van der Waals surface area contributed by atoms with Crippen molar-refractivity contribution in [2.45, 2.75) is 5.41 Å². The Hall–Kier alpha value is -7.30. The molecule has 10 rings (SSSR count). The number of hydrogen-bond acceptors (Lipinski definition) is 4. The third-order valence-corrected chi connectivity index (χ3v) is 10.7. The summed E-state index contributed by atoms with van der Waals surface area (Å²) in [5.41, 5.74) is 14.5. The van der Waals surface area contributed by atoms with E-state index in [2.05, 4.69) is 163 Å². The Morgan fingerprint density at radius 2 is 0.745 bits per heavy atom. The van der Waals surface area contributed by atoms with E-state index in [4.69, 9.17) is 15.0 Å². The second-order valence-electron chi connectivity index (χ2n) is 13.9. The Labute approximate surface area is 320 Å². The van der Waals surface area contributed by atoms with E-state index >= 15 is 0 Å². The number of pyridine rings is 1. The maximum atomic E-state index is 5.02.